The molecule has 5 heteroatoms. The summed E-state index contributed by atoms with van der Waals surface area (Å²) < 4.78 is 0. The van der Waals surface area contributed by atoms with Gasteiger partial charge in [-0.1, -0.05) is 6.07 Å². The first-order valence-electron chi connectivity index (χ1n) is 3.37. The van der Waals surface area contributed by atoms with E-state index in [1.54, 1.807) is 19.1 Å². The summed E-state index contributed by atoms with van der Waals surface area (Å²) in [7, 11) is 0. The van der Waals surface area contributed by atoms with E-state index in [0.717, 1.165) is 0 Å². The number of nitrogen functional groups attached to an aromatic ring is 1. The highest BCUT2D eigenvalue weighted by Crippen LogP contribution is 2.23. The van der Waals surface area contributed by atoms with Crippen molar-refractivity contribution in [3.63, 3.8) is 0 Å². The average molecular weight is 167 g/mol. The van der Waals surface area contributed by atoms with Gasteiger partial charge in [0.15, 0.2) is 0 Å². The Balaban J connectivity index is 3.23. The zero-order valence-corrected chi connectivity index (χ0v) is 6.57. The molecule has 1 aromatic rings. The lowest BCUT2D eigenvalue weighted by molar-refractivity contribution is -0.385. The van der Waals surface area contributed by atoms with Gasteiger partial charge in [-0.05, 0) is 13.0 Å². The van der Waals surface area contributed by atoms with E-state index in [-0.39, 0.29) is 5.69 Å². The molecule has 0 aromatic heterocycles. The molecule has 0 aliphatic rings. The molecule has 0 atom stereocenters. The fourth-order valence-electron chi connectivity index (χ4n) is 0.978. The molecule has 1 aromatic carbocycles. The van der Waals surface area contributed by atoms with Gasteiger partial charge in [-0.15, -0.1) is 0 Å². The third-order valence-electron chi connectivity index (χ3n) is 1.66. The molecule has 0 saturated heterocycles. The largest absolute Gasteiger partial charge is 0.324 e. The number of rotatable bonds is 2. The van der Waals surface area contributed by atoms with Gasteiger partial charge in [-0.2, -0.15) is 0 Å². The summed E-state index contributed by atoms with van der Waals surface area (Å²) in [4.78, 5) is 9.99. The summed E-state index contributed by atoms with van der Waals surface area (Å²) in [6.07, 6.45) is 0. The fourth-order valence-corrected chi connectivity index (χ4v) is 0.978. The maximum Gasteiger partial charge on any atom is 0.274 e. The average Bonchev–Trinajstić information content (AvgIpc) is 2.04. The summed E-state index contributed by atoms with van der Waals surface area (Å²) in [6, 6.07) is 4.71. The van der Waals surface area contributed by atoms with E-state index < -0.39 is 4.92 Å². The van der Waals surface area contributed by atoms with Gasteiger partial charge in [-0.3, -0.25) is 16.0 Å². The van der Waals surface area contributed by atoms with Crippen LogP contribution >= 0.6 is 0 Å². The molecule has 5 nitrogen and oxygen atoms in total. The summed E-state index contributed by atoms with van der Waals surface area (Å²) in [5.74, 6) is 5.15. The van der Waals surface area contributed by atoms with E-state index in [9.17, 15) is 10.1 Å². The third-order valence-corrected chi connectivity index (χ3v) is 1.66. The van der Waals surface area contributed by atoms with E-state index in [2.05, 4.69) is 5.43 Å². The zero-order valence-electron chi connectivity index (χ0n) is 6.57. The molecule has 0 aliphatic carbocycles. The number of nitrogens with two attached hydrogens (primary N) is 1. The number of hydrogen-bond donors (Lipinski definition) is 2. The lowest BCUT2D eigenvalue weighted by Crippen LogP contribution is -2.08. The van der Waals surface area contributed by atoms with Gasteiger partial charge in [0.05, 0.1) is 16.2 Å². The van der Waals surface area contributed by atoms with E-state index >= 15 is 0 Å². The van der Waals surface area contributed by atoms with Crippen molar-refractivity contribution in [2.24, 2.45) is 5.84 Å². The molecular weight excluding hydrogens is 158 g/mol. The van der Waals surface area contributed by atoms with Crippen molar-refractivity contribution in [1.82, 2.24) is 0 Å². The van der Waals surface area contributed by atoms with Gasteiger partial charge in [0.2, 0.25) is 0 Å². The van der Waals surface area contributed by atoms with E-state index in [1.807, 2.05) is 0 Å². The highest BCUT2D eigenvalue weighted by Gasteiger charge is 2.11. The smallest absolute Gasteiger partial charge is 0.274 e. The molecule has 64 valence electrons. The van der Waals surface area contributed by atoms with E-state index in [0.29, 0.717) is 11.3 Å². The highest BCUT2D eigenvalue weighted by molar-refractivity contribution is 5.58. The second-order valence-corrected chi connectivity index (χ2v) is 2.35. The molecule has 0 fully saturated rings. The Morgan fingerprint density at radius 3 is 2.75 bits per heavy atom. The SMILES string of the molecule is Cc1c(NN)cccc1[N+](=O)[O-]. The number of hydrogen-bond acceptors (Lipinski definition) is 4. The van der Waals surface area contributed by atoms with Crippen LogP contribution in [0.3, 0.4) is 0 Å². The van der Waals surface area contributed by atoms with Crippen LogP contribution in [-0.4, -0.2) is 4.92 Å². The number of anilines is 1. The number of benzene rings is 1. The van der Waals surface area contributed by atoms with Crippen LogP contribution in [0.2, 0.25) is 0 Å². The molecule has 0 radical (unpaired) electrons. The fraction of sp³-hybridized carbons (Fsp3) is 0.143. The molecule has 1 rings (SSSR count). The Hall–Kier alpha value is -1.62. The minimum absolute atomic E-state index is 0.0745. The van der Waals surface area contributed by atoms with E-state index in [4.69, 9.17) is 5.84 Å². The maximum atomic E-state index is 10.4. The maximum absolute atomic E-state index is 10.4. The predicted molar refractivity (Wildman–Crippen MR) is 45.6 cm³/mol. The first kappa shape index (κ1) is 8.48. The Morgan fingerprint density at radius 1 is 1.58 bits per heavy atom. The summed E-state index contributed by atoms with van der Waals surface area (Å²) >= 11 is 0. The Bertz CT molecular complexity index is 312. The van der Waals surface area contributed by atoms with Gasteiger partial charge < -0.3 is 5.43 Å². The van der Waals surface area contributed by atoms with Crippen molar-refractivity contribution in [2.75, 3.05) is 5.43 Å². The van der Waals surface area contributed by atoms with Gasteiger partial charge in [0.25, 0.3) is 5.69 Å². The second-order valence-electron chi connectivity index (χ2n) is 2.35. The Morgan fingerprint density at radius 2 is 2.25 bits per heavy atom. The van der Waals surface area contributed by atoms with Gasteiger partial charge in [0.1, 0.15) is 0 Å². The molecular formula is C7H9N3O2. The van der Waals surface area contributed by atoms with E-state index in [1.165, 1.54) is 6.07 Å². The second kappa shape index (κ2) is 3.19. The van der Waals surface area contributed by atoms with Crippen LogP contribution < -0.4 is 11.3 Å². The number of nitrogens with zero attached hydrogens (tertiary/aromatic N) is 1. The summed E-state index contributed by atoms with van der Waals surface area (Å²) in [5, 5.41) is 10.4. The van der Waals surface area contributed by atoms with Crippen LogP contribution in [0.5, 0.6) is 0 Å². The highest BCUT2D eigenvalue weighted by atomic mass is 16.6. The molecule has 0 heterocycles. The molecule has 3 N–H and O–H groups in total. The van der Waals surface area contributed by atoms with Crippen LogP contribution in [0.1, 0.15) is 5.56 Å². The Kier molecular flexibility index (Phi) is 2.25. The molecule has 0 bridgehead atoms. The van der Waals surface area contributed by atoms with Crippen LogP contribution in [0.15, 0.2) is 18.2 Å². The normalized spacial score (nSPS) is 9.50. The minimum atomic E-state index is -0.434. The number of hydrazine groups is 1. The number of nitro benzene ring substituents is 1. The molecule has 0 unspecified atom stereocenters. The lowest BCUT2D eigenvalue weighted by atomic mass is 10.1. The first-order valence-corrected chi connectivity index (χ1v) is 3.37. The van der Waals surface area contributed by atoms with Crippen molar-refractivity contribution < 1.29 is 4.92 Å². The monoisotopic (exact) mass is 167 g/mol. The molecule has 12 heavy (non-hydrogen) atoms. The zero-order chi connectivity index (χ0) is 9.14. The molecule has 0 amide bonds. The quantitative estimate of drug-likeness (QED) is 0.394. The van der Waals surface area contributed by atoms with Gasteiger partial charge >= 0.3 is 0 Å². The van der Waals surface area contributed by atoms with Crippen molar-refractivity contribution >= 4 is 11.4 Å². The van der Waals surface area contributed by atoms with Crippen LogP contribution in [-0.2, 0) is 0 Å². The summed E-state index contributed by atoms with van der Waals surface area (Å²) in [6.45, 7) is 1.65. The van der Waals surface area contributed by atoms with Crippen molar-refractivity contribution in [1.29, 1.82) is 0 Å². The van der Waals surface area contributed by atoms with Gasteiger partial charge in [-0.25, -0.2) is 0 Å². The summed E-state index contributed by atoms with van der Waals surface area (Å²) in [5.41, 5.74) is 3.58. The number of nitro groups is 1. The van der Waals surface area contributed by atoms with Crippen LogP contribution in [0.25, 0.3) is 0 Å². The standard InChI is InChI=1S/C7H9N3O2/c1-5-6(9-8)3-2-4-7(5)10(11)12/h2-4,9H,8H2,1H3. The third kappa shape index (κ3) is 1.35. The van der Waals surface area contributed by atoms with Crippen LogP contribution in [0.4, 0.5) is 11.4 Å². The van der Waals surface area contributed by atoms with Gasteiger partial charge in [0, 0.05) is 6.07 Å². The van der Waals surface area contributed by atoms with Crippen LogP contribution in [0, 0.1) is 17.0 Å². The van der Waals surface area contributed by atoms with Crippen molar-refractivity contribution in [3.8, 4) is 0 Å². The van der Waals surface area contributed by atoms with Crippen molar-refractivity contribution in [2.45, 2.75) is 6.92 Å². The number of nitrogens with one attached hydrogen (secondary N) is 1. The Labute approximate surface area is 69.3 Å². The molecule has 0 saturated carbocycles. The predicted octanol–water partition coefficient (Wildman–Crippen LogP) is 1.19. The molecule has 0 aliphatic heterocycles. The van der Waals surface area contributed by atoms with Crippen molar-refractivity contribution in [3.05, 3.63) is 33.9 Å². The lowest BCUT2D eigenvalue weighted by Gasteiger charge is -2.03. The first-order chi connectivity index (χ1) is 5.66. The topological polar surface area (TPSA) is 81.2 Å². The molecule has 0 spiro atoms. The minimum Gasteiger partial charge on any atom is -0.324 e.